The fourth-order valence-corrected chi connectivity index (χ4v) is 9.65. The summed E-state index contributed by atoms with van der Waals surface area (Å²) in [5.74, 6) is -4.50. The van der Waals surface area contributed by atoms with E-state index in [0.717, 1.165) is 18.7 Å². The standard InChI is InChI=1S/C40H52F3N5O9S/c1-7-23-16-22(2)10-8-9-11-24-19-40(24,36(51)46-58(54,55)39(5)14-15-39)45-32(49)29-18-26(57-33-28-17-25(41)12-13-27(28)30(56-6)20-44-33)21-47(29)34(50)31(23)48(37(52)53)38(3,4)35(42)43/h9,11-13,17,20,22-24,26,29,31,35H,7-8,10,14-16,18-19,21H2,1-6H3,(H,45,49)(H,46,51)(H,52,53)/b11-9-/t22-,23-,24-,26-,29+,31+,40-/m1/s1. The average Bonchev–Trinajstić information content (AvgIpc) is 4.04. The zero-order valence-electron chi connectivity index (χ0n) is 33.5. The topological polar surface area (TPSA) is 185 Å². The van der Waals surface area contributed by atoms with Crippen LogP contribution in [0.2, 0.25) is 0 Å². The molecule has 4 amide bonds. The van der Waals surface area contributed by atoms with Gasteiger partial charge in [-0.05, 0) is 89.3 Å². The first-order valence-electron chi connectivity index (χ1n) is 19.6. The number of halogens is 3. The highest BCUT2D eigenvalue weighted by Crippen LogP contribution is 2.48. The molecule has 318 valence electrons. The van der Waals surface area contributed by atoms with Crippen molar-refractivity contribution in [2.24, 2.45) is 17.8 Å². The van der Waals surface area contributed by atoms with Gasteiger partial charge in [-0.25, -0.2) is 31.4 Å². The molecule has 1 saturated heterocycles. The second kappa shape index (κ2) is 15.9. The number of hydrogen-bond acceptors (Lipinski definition) is 9. The van der Waals surface area contributed by atoms with Crippen LogP contribution >= 0.6 is 0 Å². The quantitative estimate of drug-likeness (QED) is 0.262. The molecule has 58 heavy (non-hydrogen) atoms. The predicted molar refractivity (Wildman–Crippen MR) is 206 cm³/mol. The smallest absolute Gasteiger partial charge is 0.408 e. The number of hydrogen-bond donors (Lipinski definition) is 3. The summed E-state index contributed by atoms with van der Waals surface area (Å²) in [5.41, 5.74) is -4.04. The van der Waals surface area contributed by atoms with E-state index in [1.807, 2.05) is 13.0 Å². The fraction of sp³-hybridized carbons (Fsp3) is 0.625. The number of ether oxygens (including phenoxy) is 2. The van der Waals surface area contributed by atoms with Gasteiger partial charge in [0.15, 0.2) is 0 Å². The summed E-state index contributed by atoms with van der Waals surface area (Å²) < 4.78 is 83.2. The first-order chi connectivity index (χ1) is 27.2. The summed E-state index contributed by atoms with van der Waals surface area (Å²) in [6.45, 7) is 6.92. The van der Waals surface area contributed by atoms with E-state index in [0.29, 0.717) is 41.7 Å². The van der Waals surface area contributed by atoms with E-state index in [1.165, 1.54) is 38.4 Å². The highest BCUT2D eigenvalue weighted by Gasteiger charge is 2.63. The van der Waals surface area contributed by atoms with Gasteiger partial charge in [-0.15, -0.1) is 0 Å². The molecule has 14 nitrogen and oxygen atoms in total. The van der Waals surface area contributed by atoms with Crippen molar-refractivity contribution < 1.29 is 55.3 Å². The van der Waals surface area contributed by atoms with Crippen molar-refractivity contribution in [2.75, 3.05) is 13.7 Å². The van der Waals surface area contributed by atoms with Gasteiger partial charge in [-0.3, -0.25) is 24.0 Å². The van der Waals surface area contributed by atoms with Crippen molar-refractivity contribution >= 4 is 44.6 Å². The number of benzene rings is 1. The maximum atomic E-state index is 15.1. The van der Waals surface area contributed by atoms with Crippen LogP contribution in [-0.4, -0.2) is 106 Å². The minimum atomic E-state index is -4.11. The molecule has 3 heterocycles. The van der Waals surface area contributed by atoms with E-state index in [2.05, 4.69) is 15.0 Å². The second-order valence-corrected chi connectivity index (χ2v) is 19.2. The number of allylic oxidation sites excluding steroid dienone is 1. The number of fused-ring (bicyclic) bond motifs is 3. The molecule has 3 N–H and O–H groups in total. The van der Waals surface area contributed by atoms with Crippen LogP contribution in [0.25, 0.3) is 10.8 Å². The van der Waals surface area contributed by atoms with Gasteiger partial charge in [0.1, 0.15) is 40.8 Å². The molecule has 4 aliphatic rings. The van der Waals surface area contributed by atoms with E-state index >= 15 is 4.79 Å². The lowest BCUT2D eigenvalue weighted by Crippen LogP contribution is -2.65. The summed E-state index contributed by atoms with van der Waals surface area (Å²) in [7, 11) is -2.70. The third-order valence-corrected chi connectivity index (χ3v) is 14.6. The molecule has 3 fully saturated rings. The number of pyridine rings is 1. The fourth-order valence-electron chi connectivity index (χ4n) is 8.34. The Bertz CT molecular complexity index is 2100. The zero-order valence-corrected chi connectivity index (χ0v) is 34.3. The van der Waals surface area contributed by atoms with Gasteiger partial charge in [0, 0.05) is 17.7 Å². The van der Waals surface area contributed by atoms with E-state index in [9.17, 15) is 41.1 Å². The highest BCUT2D eigenvalue weighted by atomic mass is 32.2. The minimum absolute atomic E-state index is 0.0549. The molecule has 0 bridgehead atoms. The molecule has 0 spiro atoms. The lowest BCUT2D eigenvalue weighted by atomic mass is 9.82. The monoisotopic (exact) mass is 835 g/mol. The van der Waals surface area contributed by atoms with Crippen molar-refractivity contribution in [3.63, 3.8) is 0 Å². The first-order valence-corrected chi connectivity index (χ1v) is 21.1. The van der Waals surface area contributed by atoms with Crippen LogP contribution in [0.4, 0.5) is 18.0 Å². The number of sulfonamides is 1. The van der Waals surface area contributed by atoms with Gasteiger partial charge in [-0.1, -0.05) is 32.4 Å². The van der Waals surface area contributed by atoms with Gasteiger partial charge < -0.3 is 24.8 Å². The number of nitrogens with one attached hydrogen (secondary N) is 2. The maximum absolute atomic E-state index is 15.1. The number of carbonyl (C=O) groups is 4. The Balaban J connectivity index is 1.44. The number of rotatable bonds is 10. The van der Waals surface area contributed by atoms with Crippen molar-refractivity contribution in [3.8, 4) is 11.6 Å². The Morgan fingerprint density at radius 1 is 1.19 bits per heavy atom. The van der Waals surface area contributed by atoms with Crippen molar-refractivity contribution in [1.82, 2.24) is 24.8 Å². The SMILES string of the molecule is CC[C@@H]1C[C@H](C)CC/C=C\[C@@H]2C[C@@]2(C(=O)NS(=O)(=O)C2(C)CC2)NC(=O)[C@@H]2C[C@@H](Oc3ncc(OC)c4ccc(F)cc34)CN2C(=O)[C@H]1N(C(=O)O)C(C)(C)C(F)F. The molecule has 1 aromatic carbocycles. The van der Waals surface area contributed by atoms with Gasteiger partial charge in [0.05, 0.1) is 30.0 Å². The number of alkyl halides is 2. The molecule has 2 aromatic rings. The molecule has 2 aliphatic heterocycles. The van der Waals surface area contributed by atoms with Crippen LogP contribution in [0, 0.1) is 23.6 Å². The summed E-state index contributed by atoms with van der Waals surface area (Å²) in [4.78, 5) is 62.7. The Morgan fingerprint density at radius 2 is 1.90 bits per heavy atom. The molecule has 0 radical (unpaired) electrons. The van der Waals surface area contributed by atoms with Gasteiger partial charge in [0.2, 0.25) is 27.7 Å². The molecule has 0 unspecified atom stereocenters. The van der Waals surface area contributed by atoms with Crippen molar-refractivity contribution in [1.29, 1.82) is 0 Å². The summed E-state index contributed by atoms with van der Waals surface area (Å²) in [6.07, 6.45) is 1.13. The number of aromatic nitrogens is 1. The third kappa shape index (κ3) is 8.04. The van der Waals surface area contributed by atoms with Crippen molar-refractivity contribution in [2.45, 2.75) is 126 Å². The van der Waals surface area contributed by atoms with Crippen LogP contribution < -0.4 is 19.5 Å². The Hall–Kier alpha value is -4.61. The van der Waals surface area contributed by atoms with E-state index in [-0.39, 0.29) is 49.4 Å². The average molecular weight is 836 g/mol. The van der Waals surface area contributed by atoms with Gasteiger partial charge in [-0.2, -0.15) is 0 Å². The molecular weight excluding hydrogens is 784 g/mol. The Kier molecular flexibility index (Phi) is 11.8. The number of carboxylic acid groups (broad SMARTS) is 1. The molecule has 18 heteroatoms. The third-order valence-electron chi connectivity index (χ3n) is 12.5. The number of carbonyl (C=O) groups excluding carboxylic acids is 3. The summed E-state index contributed by atoms with van der Waals surface area (Å²) in [6, 6.07) is 0.773. The molecule has 2 saturated carbocycles. The largest absolute Gasteiger partial charge is 0.494 e. The molecule has 7 atom stereocenters. The predicted octanol–water partition coefficient (Wildman–Crippen LogP) is 5.40. The summed E-state index contributed by atoms with van der Waals surface area (Å²) >= 11 is 0. The van der Waals surface area contributed by atoms with Crippen LogP contribution in [0.5, 0.6) is 11.6 Å². The number of nitrogens with zero attached hydrogens (tertiary/aromatic N) is 3. The van der Waals surface area contributed by atoms with Crippen LogP contribution in [0.1, 0.15) is 86.0 Å². The van der Waals surface area contributed by atoms with E-state index in [1.54, 1.807) is 13.0 Å². The lowest BCUT2D eigenvalue weighted by Gasteiger charge is -2.45. The molecule has 6 rings (SSSR count). The Labute approximate surface area is 335 Å². The number of amides is 4. The van der Waals surface area contributed by atoms with Crippen LogP contribution in [0.3, 0.4) is 0 Å². The van der Waals surface area contributed by atoms with Gasteiger partial charge in [0.25, 0.3) is 12.3 Å². The lowest BCUT2D eigenvalue weighted by molar-refractivity contribution is -0.149. The maximum Gasteiger partial charge on any atom is 0.408 e. The van der Waals surface area contributed by atoms with Crippen LogP contribution in [-0.2, 0) is 24.4 Å². The second-order valence-electron chi connectivity index (χ2n) is 17.0. The van der Waals surface area contributed by atoms with E-state index < -0.39 is 91.9 Å². The van der Waals surface area contributed by atoms with Crippen LogP contribution in [0.15, 0.2) is 36.5 Å². The summed E-state index contributed by atoms with van der Waals surface area (Å²) in [5, 5.41) is 14.0. The molecular formula is C40H52F3N5O9S. The minimum Gasteiger partial charge on any atom is -0.494 e. The zero-order chi connectivity index (χ0) is 42.5. The van der Waals surface area contributed by atoms with Gasteiger partial charge >= 0.3 is 6.09 Å². The molecule has 1 aromatic heterocycles. The number of methoxy groups -OCH3 is 1. The Morgan fingerprint density at radius 3 is 2.52 bits per heavy atom. The highest BCUT2D eigenvalue weighted by molar-refractivity contribution is 7.91. The van der Waals surface area contributed by atoms with E-state index in [4.69, 9.17) is 9.47 Å². The first kappa shape index (κ1) is 43.0. The normalized spacial score (nSPS) is 29.3. The van der Waals surface area contributed by atoms with Crippen molar-refractivity contribution in [3.05, 3.63) is 42.4 Å². The molecule has 2 aliphatic carbocycles.